The predicted octanol–water partition coefficient (Wildman–Crippen LogP) is 7.68. The zero-order chi connectivity index (χ0) is 26.7. The highest BCUT2D eigenvalue weighted by molar-refractivity contribution is 6.37. The van der Waals surface area contributed by atoms with E-state index in [0.717, 1.165) is 74.7 Å². The molecule has 6 nitrogen and oxygen atoms in total. The highest BCUT2D eigenvalue weighted by Gasteiger charge is 2.45. The van der Waals surface area contributed by atoms with E-state index in [1.165, 1.54) is 0 Å². The molecule has 3 aromatic rings. The zero-order valence-corrected chi connectivity index (χ0v) is 23.4. The first kappa shape index (κ1) is 27.1. The van der Waals surface area contributed by atoms with Gasteiger partial charge in [-0.25, -0.2) is 4.39 Å². The van der Waals surface area contributed by atoms with Gasteiger partial charge < -0.3 is 24.4 Å². The van der Waals surface area contributed by atoms with E-state index >= 15 is 0 Å². The van der Waals surface area contributed by atoms with Crippen molar-refractivity contribution in [1.82, 2.24) is 9.88 Å². The number of methoxy groups -OCH3 is 2. The second-order valence-corrected chi connectivity index (χ2v) is 11.2. The Balaban J connectivity index is 1.19. The fourth-order valence-corrected chi connectivity index (χ4v) is 6.13. The summed E-state index contributed by atoms with van der Waals surface area (Å²) < 4.78 is 30.4. The number of rotatable bonds is 10. The summed E-state index contributed by atoms with van der Waals surface area (Å²) in [5, 5.41) is 5.16. The quantitative estimate of drug-likeness (QED) is 0.256. The molecule has 1 saturated carbocycles. The number of unbranched alkanes of at least 4 members (excludes halogenated alkanes) is 1. The van der Waals surface area contributed by atoms with Gasteiger partial charge in [-0.3, -0.25) is 4.98 Å². The number of hydrogen-bond acceptors (Lipinski definition) is 6. The van der Waals surface area contributed by atoms with Crippen molar-refractivity contribution in [2.45, 2.75) is 44.7 Å². The van der Waals surface area contributed by atoms with Gasteiger partial charge in [0.1, 0.15) is 11.9 Å². The van der Waals surface area contributed by atoms with Crippen LogP contribution in [0.25, 0.3) is 10.9 Å². The number of ether oxygens (including phenoxy) is 3. The van der Waals surface area contributed by atoms with Gasteiger partial charge in [0.2, 0.25) is 0 Å². The number of benzene rings is 2. The molecular weight excluding hydrogens is 528 g/mol. The minimum absolute atomic E-state index is 0.309. The lowest BCUT2D eigenvalue weighted by Crippen LogP contribution is -2.48. The van der Waals surface area contributed by atoms with E-state index in [2.05, 4.69) is 15.2 Å². The number of likely N-dealkylation sites (tertiary alicyclic amines) is 1. The molecule has 0 radical (unpaired) electrons. The molecule has 2 aromatic carbocycles. The van der Waals surface area contributed by atoms with Gasteiger partial charge in [-0.2, -0.15) is 0 Å². The highest BCUT2D eigenvalue weighted by Crippen LogP contribution is 2.50. The summed E-state index contributed by atoms with van der Waals surface area (Å²) in [4.78, 5) is 7.05. The number of anilines is 2. The van der Waals surface area contributed by atoms with Crippen molar-refractivity contribution in [3.63, 3.8) is 0 Å². The van der Waals surface area contributed by atoms with Gasteiger partial charge in [-0.05, 0) is 81.8 Å². The summed E-state index contributed by atoms with van der Waals surface area (Å²) in [5.41, 5.74) is 2.57. The van der Waals surface area contributed by atoms with Crippen LogP contribution in [0, 0.1) is 5.41 Å². The van der Waals surface area contributed by atoms with Crippen LogP contribution in [0.1, 0.15) is 38.5 Å². The molecular formula is C29H34Cl2FN3O3. The Kier molecular flexibility index (Phi) is 8.36. The Morgan fingerprint density at radius 1 is 0.974 bits per heavy atom. The third-order valence-electron chi connectivity index (χ3n) is 7.89. The van der Waals surface area contributed by atoms with E-state index < -0.39 is 6.17 Å². The van der Waals surface area contributed by atoms with E-state index in [4.69, 9.17) is 37.4 Å². The van der Waals surface area contributed by atoms with Gasteiger partial charge in [0, 0.05) is 29.4 Å². The normalized spacial score (nSPS) is 17.4. The molecule has 2 heterocycles. The predicted molar refractivity (Wildman–Crippen MR) is 152 cm³/mol. The molecule has 5 rings (SSSR count). The van der Waals surface area contributed by atoms with Gasteiger partial charge in [-0.15, -0.1) is 0 Å². The SMILES string of the molecule is COc1cc(Nc2ccnc3cc(OCCCCN4CCC5(CC4)CC(F)C5)c(OC)cc23)c(Cl)cc1Cl. The van der Waals surface area contributed by atoms with Gasteiger partial charge in [0.05, 0.1) is 42.1 Å². The van der Waals surface area contributed by atoms with Crippen molar-refractivity contribution in [1.29, 1.82) is 0 Å². The van der Waals surface area contributed by atoms with Crippen LogP contribution in [0.3, 0.4) is 0 Å². The lowest BCUT2D eigenvalue weighted by atomic mass is 9.62. The van der Waals surface area contributed by atoms with E-state index in [1.54, 1.807) is 32.5 Å². The molecule has 1 aromatic heterocycles. The Morgan fingerprint density at radius 2 is 1.74 bits per heavy atom. The first-order chi connectivity index (χ1) is 18.4. The molecule has 38 heavy (non-hydrogen) atoms. The molecule has 1 N–H and O–H groups in total. The average molecular weight is 563 g/mol. The molecule has 9 heteroatoms. The summed E-state index contributed by atoms with van der Waals surface area (Å²) in [6.45, 7) is 3.83. The molecule has 0 bridgehead atoms. The fraction of sp³-hybridized carbons (Fsp3) is 0.483. The fourth-order valence-electron chi connectivity index (χ4n) is 5.62. The van der Waals surface area contributed by atoms with Crippen molar-refractivity contribution in [3.8, 4) is 17.2 Å². The van der Waals surface area contributed by atoms with E-state index in [-0.39, 0.29) is 0 Å². The smallest absolute Gasteiger partial charge is 0.163 e. The minimum Gasteiger partial charge on any atom is -0.495 e. The molecule has 2 aliphatic rings. The van der Waals surface area contributed by atoms with E-state index in [9.17, 15) is 4.39 Å². The Hall–Kier alpha value is -2.48. The van der Waals surface area contributed by atoms with Crippen molar-refractivity contribution < 1.29 is 18.6 Å². The van der Waals surface area contributed by atoms with Crippen LogP contribution < -0.4 is 19.5 Å². The lowest BCUT2D eigenvalue weighted by Gasteiger charge is -2.49. The third-order valence-corrected chi connectivity index (χ3v) is 8.50. The second-order valence-electron chi connectivity index (χ2n) is 10.4. The topological polar surface area (TPSA) is 55.8 Å². The van der Waals surface area contributed by atoms with E-state index in [1.807, 2.05) is 18.2 Å². The van der Waals surface area contributed by atoms with Gasteiger partial charge in [0.15, 0.2) is 11.5 Å². The number of nitrogens with one attached hydrogen (secondary N) is 1. The van der Waals surface area contributed by atoms with Gasteiger partial charge >= 0.3 is 0 Å². The molecule has 0 atom stereocenters. The molecule has 2 fully saturated rings. The standard InChI is InChI=1S/C29H34Cl2FN3O3/c1-36-26-16-25(21(30)14-22(26)31)34-23-5-8-33-24-15-28(27(37-2)13-20(23)24)38-12-4-3-9-35-10-6-29(7-11-35)17-19(32)18-29/h5,8,13-16,19H,3-4,6-7,9-12,17-18H2,1-2H3,(H,33,34). The molecule has 204 valence electrons. The number of alkyl halides is 1. The van der Waals surface area contributed by atoms with Gasteiger partial charge in [-0.1, -0.05) is 23.2 Å². The summed E-state index contributed by atoms with van der Waals surface area (Å²) in [5.74, 6) is 1.84. The van der Waals surface area contributed by atoms with Crippen molar-refractivity contribution in [2.24, 2.45) is 5.41 Å². The number of nitrogens with zero attached hydrogens (tertiary/aromatic N) is 2. The second kappa shape index (κ2) is 11.7. The minimum atomic E-state index is -0.560. The number of hydrogen-bond donors (Lipinski definition) is 1. The molecule has 1 spiro atoms. The van der Waals surface area contributed by atoms with Crippen LogP contribution in [0.2, 0.25) is 10.0 Å². The van der Waals surface area contributed by atoms with Crippen molar-refractivity contribution >= 4 is 45.5 Å². The molecule has 0 unspecified atom stereocenters. The monoisotopic (exact) mass is 561 g/mol. The maximum Gasteiger partial charge on any atom is 0.163 e. The lowest BCUT2D eigenvalue weighted by molar-refractivity contribution is -0.0287. The van der Waals surface area contributed by atoms with Crippen LogP contribution in [-0.4, -0.2) is 56.5 Å². The maximum atomic E-state index is 13.3. The summed E-state index contributed by atoms with van der Waals surface area (Å²) in [6.07, 6.45) is 7.02. The number of fused-ring (bicyclic) bond motifs is 1. The number of piperidine rings is 1. The Morgan fingerprint density at radius 3 is 2.45 bits per heavy atom. The maximum absolute atomic E-state index is 13.3. The average Bonchev–Trinajstić information content (AvgIpc) is 2.90. The van der Waals surface area contributed by atoms with E-state index in [0.29, 0.717) is 45.0 Å². The van der Waals surface area contributed by atoms with Gasteiger partial charge in [0.25, 0.3) is 0 Å². The van der Waals surface area contributed by atoms with Crippen molar-refractivity contribution in [3.05, 3.63) is 46.6 Å². The summed E-state index contributed by atoms with van der Waals surface area (Å²) in [7, 11) is 3.20. The zero-order valence-electron chi connectivity index (χ0n) is 21.9. The first-order valence-corrected chi connectivity index (χ1v) is 13.9. The highest BCUT2D eigenvalue weighted by atomic mass is 35.5. The largest absolute Gasteiger partial charge is 0.495 e. The Labute approximate surface area is 233 Å². The molecule has 1 aliphatic heterocycles. The Bertz CT molecular complexity index is 1280. The van der Waals surface area contributed by atoms with Crippen LogP contribution >= 0.6 is 23.2 Å². The van der Waals surface area contributed by atoms with Crippen LogP contribution in [0.15, 0.2) is 36.5 Å². The molecule has 1 aliphatic carbocycles. The van der Waals surface area contributed by atoms with Crippen LogP contribution in [-0.2, 0) is 0 Å². The van der Waals surface area contributed by atoms with Crippen LogP contribution in [0.4, 0.5) is 15.8 Å². The summed E-state index contributed by atoms with van der Waals surface area (Å²) >= 11 is 12.6. The van der Waals surface area contributed by atoms with Crippen molar-refractivity contribution in [2.75, 3.05) is 45.8 Å². The first-order valence-electron chi connectivity index (χ1n) is 13.2. The number of pyridine rings is 1. The third kappa shape index (κ3) is 5.90. The van der Waals surface area contributed by atoms with Crippen LogP contribution in [0.5, 0.6) is 17.2 Å². The summed E-state index contributed by atoms with van der Waals surface area (Å²) in [6, 6.07) is 9.12. The number of halogens is 3. The molecule has 1 saturated heterocycles. The number of aromatic nitrogens is 1. The molecule has 0 amide bonds.